The van der Waals surface area contributed by atoms with Gasteiger partial charge in [-0.25, -0.2) is 4.79 Å². The fourth-order valence-electron chi connectivity index (χ4n) is 1.63. The zero-order valence-corrected chi connectivity index (χ0v) is 11.3. The van der Waals surface area contributed by atoms with E-state index in [4.69, 9.17) is 4.74 Å². The number of ether oxygens (including phenoxy) is 1. The largest absolute Gasteiger partial charge is 0.432 e. The van der Waals surface area contributed by atoms with Crippen LogP contribution in [0.25, 0.3) is 0 Å². The van der Waals surface area contributed by atoms with Crippen LogP contribution in [0.3, 0.4) is 0 Å². The van der Waals surface area contributed by atoms with Gasteiger partial charge in [0.2, 0.25) is 6.29 Å². The molecule has 100 valence electrons. The second kappa shape index (κ2) is 6.55. The Labute approximate surface area is 109 Å². The summed E-state index contributed by atoms with van der Waals surface area (Å²) in [5.74, 6) is -0.473. The van der Waals surface area contributed by atoms with Crippen molar-refractivity contribution in [2.75, 3.05) is 0 Å². The number of benzene rings is 1. The number of carbonyl (C=O) groups excluding carboxylic acids is 1. The third kappa shape index (κ3) is 5.82. The van der Waals surface area contributed by atoms with Gasteiger partial charge in [0, 0.05) is 6.42 Å². The van der Waals surface area contributed by atoms with E-state index in [-0.39, 0.29) is 5.41 Å². The standard InChI is InChI=1S/C15H22O3/c1-15(2,3)11-7-10-13(16)18-14(17)12-8-5-4-6-9-12/h4-6,8-9,13,16H,7,10-11H2,1-3H3. The lowest BCUT2D eigenvalue weighted by Gasteiger charge is -2.19. The van der Waals surface area contributed by atoms with Gasteiger partial charge in [-0.15, -0.1) is 0 Å². The molecule has 0 aliphatic rings. The van der Waals surface area contributed by atoms with Gasteiger partial charge in [-0.3, -0.25) is 0 Å². The summed E-state index contributed by atoms with van der Waals surface area (Å²) >= 11 is 0. The number of carbonyl (C=O) groups is 1. The molecule has 0 bridgehead atoms. The first kappa shape index (κ1) is 14.7. The van der Waals surface area contributed by atoms with E-state index in [0.717, 1.165) is 12.8 Å². The fraction of sp³-hybridized carbons (Fsp3) is 0.533. The van der Waals surface area contributed by atoms with Gasteiger partial charge in [0.25, 0.3) is 0 Å². The minimum absolute atomic E-state index is 0.239. The third-order valence-electron chi connectivity index (χ3n) is 2.63. The molecule has 1 atom stereocenters. The maximum Gasteiger partial charge on any atom is 0.340 e. The summed E-state index contributed by atoms with van der Waals surface area (Å²) in [5.41, 5.74) is 0.704. The van der Waals surface area contributed by atoms with Gasteiger partial charge in [-0.1, -0.05) is 39.0 Å². The smallest absolute Gasteiger partial charge is 0.340 e. The molecule has 3 nitrogen and oxygen atoms in total. The van der Waals surface area contributed by atoms with Crippen molar-refractivity contribution in [2.45, 2.75) is 46.3 Å². The molecule has 0 fully saturated rings. The predicted octanol–water partition coefficient (Wildman–Crippen LogP) is 3.38. The fourth-order valence-corrected chi connectivity index (χ4v) is 1.63. The molecule has 0 amide bonds. The van der Waals surface area contributed by atoms with Gasteiger partial charge in [-0.2, -0.15) is 0 Å². The Morgan fingerprint density at radius 2 is 1.89 bits per heavy atom. The molecule has 18 heavy (non-hydrogen) atoms. The molecule has 0 aliphatic carbocycles. The van der Waals surface area contributed by atoms with E-state index in [1.807, 2.05) is 6.07 Å². The van der Waals surface area contributed by atoms with Gasteiger partial charge in [0.15, 0.2) is 0 Å². The molecule has 1 aromatic carbocycles. The van der Waals surface area contributed by atoms with Gasteiger partial charge < -0.3 is 9.84 Å². The Hall–Kier alpha value is -1.35. The lowest BCUT2D eigenvalue weighted by molar-refractivity contribution is -0.0701. The molecule has 0 aliphatic heterocycles. The molecule has 0 radical (unpaired) electrons. The van der Waals surface area contributed by atoms with Crippen molar-refractivity contribution in [3.8, 4) is 0 Å². The normalized spacial score (nSPS) is 13.1. The van der Waals surface area contributed by atoms with Crippen molar-refractivity contribution in [1.29, 1.82) is 0 Å². The number of hydrogen-bond donors (Lipinski definition) is 1. The zero-order chi connectivity index (χ0) is 13.6. The van der Waals surface area contributed by atoms with Crippen molar-refractivity contribution >= 4 is 5.97 Å². The highest BCUT2D eigenvalue weighted by Crippen LogP contribution is 2.22. The summed E-state index contributed by atoms with van der Waals surface area (Å²) in [7, 11) is 0. The summed E-state index contributed by atoms with van der Waals surface area (Å²) < 4.78 is 4.97. The topological polar surface area (TPSA) is 46.5 Å². The summed E-state index contributed by atoms with van der Waals surface area (Å²) in [4.78, 5) is 11.6. The molecule has 1 rings (SSSR count). The molecular formula is C15H22O3. The van der Waals surface area contributed by atoms with Crippen molar-refractivity contribution in [3.05, 3.63) is 35.9 Å². The second-order valence-electron chi connectivity index (χ2n) is 5.68. The zero-order valence-electron chi connectivity index (χ0n) is 11.3. The predicted molar refractivity (Wildman–Crippen MR) is 71.2 cm³/mol. The van der Waals surface area contributed by atoms with Crippen LogP contribution >= 0.6 is 0 Å². The Bertz CT molecular complexity index is 365. The highest BCUT2D eigenvalue weighted by Gasteiger charge is 2.15. The van der Waals surface area contributed by atoms with Gasteiger partial charge in [0.1, 0.15) is 0 Å². The average Bonchev–Trinajstić information content (AvgIpc) is 2.28. The van der Waals surface area contributed by atoms with E-state index < -0.39 is 12.3 Å². The summed E-state index contributed by atoms with van der Waals surface area (Å²) in [5, 5.41) is 9.63. The minimum atomic E-state index is -1.01. The Balaban J connectivity index is 2.32. The Kier molecular flexibility index (Phi) is 5.35. The first-order valence-corrected chi connectivity index (χ1v) is 6.32. The molecule has 0 spiro atoms. The summed E-state index contributed by atoms with van der Waals surface area (Å²) in [6, 6.07) is 8.70. The lowest BCUT2D eigenvalue weighted by Crippen LogP contribution is -2.18. The molecule has 0 aromatic heterocycles. The molecule has 0 saturated heterocycles. The van der Waals surface area contributed by atoms with Crippen LogP contribution < -0.4 is 0 Å². The number of aliphatic hydroxyl groups is 1. The SMILES string of the molecule is CC(C)(C)CCCC(O)OC(=O)c1ccccc1. The Morgan fingerprint density at radius 1 is 1.28 bits per heavy atom. The van der Waals surface area contributed by atoms with E-state index in [1.165, 1.54) is 0 Å². The van der Waals surface area contributed by atoms with Crippen molar-refractivity contribution in [3.63, 3.8) is 0 Å². The third-order valence-corrected chi connectivity index (χ3v) is 2.63. The van der Waals surface area contributed by atoms with E-state index >= 15 is 0 Å². The van der Waals surface area contributed by atoms with Crippen molar-refractivity contribution in [1.82, 2.24) is 0 Å². The maximum atomic E-state index is 11.6. The van der Waals surface area contributed by atoms with E-state index in [9.17, 15) is 9.90 Å². The van der Waals surface area contributed by atoms with Crippen LogP contribution in [0.4, 0.5) is 0 Å². The van der Waals surface area contributed by atoms with Crippen LogP contribution in [0.5, 0.6) is 0 Å². The molecule has 0 saturated carbocycles. The maximum absolute atomic E-state index is 11.6. The highest BCUT2D eigenvalue weighted by molar-refractivity contribution is 5.89. The average molecular weight is 250 g/mol. The summed E-state index contributed by atoms with van der Waals surface area (Å²) in [6.07, 6.45) is 1.30. The van der Waals surface area contributed by atoms with E-state index in [0.29, 0.717) is 12.0 Å². The first-order chi connectivity index (χ1) is 8.38. The summed E-state index contributed by atoms with van der Waals surface area (Å²) in [6.45, 7) is 6.44. The van der Waals surface area contributed by atoms with Crippen LogP contribution in [0.2, 0.25) is 0 Å². The molecule has 0 heterocycles. The van der Waals surface area contributed by atoms with Crippen molar-refractivity contribution < 1.29 is 14.6 Å². The first-order valence-electron chi connectivity index (χ1n) is 6.32. The van der Waals surface area contributed by atoms with Crippen LogP contribution in [-0.2, 0) is 4.74 Å². The monoisotopic (exact) mass is 250 g/mol. The molecule has 1 N–H and O–H groups in total. The van der Waals surface area contributed by atoms with Crippen LogP contribution in [0.15, 0.2) is 30.3 Å². The molecule has 1 aromatic rings. The van der Waals surface area contributed by atoms with Crippen LogP contribution in [0.1, 0.15) is 50.4 Å². The van der Waals surface area contributed by atoms with E-state index in [1.54, 1.807) is 24.3 Å². The van der Waals surface area contributed by atoms with Crippen LogP contribution in [0, 0.1) is 5.41 Å². The number of rotatable bonds is 5. The van der Waals surface area contributed by atoms with Gasteiger partial charge in [0.05, 0.1) is 5.56 Å². The highest BCUT2D eigenvalue weighted by atomic mass is 16.6. The molecular weight excluding hydrogens is 228 g/mol. The molecule has 3 heteroatoms. The number of esters is 1. The van der Waals surface area contributed by atoms with Gasteiger partial charge in [-0.05, 0) is 30.4 Å². The van der Waals surface area contributed by atoms with Crippen molar-refractivity contribution in [2.24, 2.45) is 5.41 Å². The minimum Gasteiger partial charge on any atom is -0.432 e. The quantitative estimate of drug-likeness (QED) is 0.643. The van der Waals surface area contributed by atoms with Gasteiger partial charge >= 0.3 is 5.97 Å². The van der Waals surface area contributed by atoms with Crippen LogP contribution in [-0.4, -0.2) is 17.4 Å². The molecule has 1 unspecified atom stereocenters. The van der Waals surface area contributed by atoms with E-state index in [2.05, 4.69) is 20.8 Å². The number of hydrogen-bond acceptors (Lipinski definition) is 3. The Morgan fingerprint density at radius 3 is 2.44 bits per heavy atom. The number of aliphatic hydroxyl groups excluding tert-OH is 1. The lowest BCUT2D eigenvalue weighted by atomic mass is 9.90. The second-order valence-corrected chi connectivity index (χ2v) is 5.68.